The van der Waals surface area contributed by atoms with Crippen molar-refractivity contribution >= 4 is 0 Å². The van der Waals surface area contributed by atoms with Crippen molar-refractivity contribution < 1.29 is 13.5 Å². The van der Waals surface area contributed by atoms with Crippen LogP contribution in [0.3, 0.4) is 0 Å². The molecule has 1 aromatic rings. The molecule has 0 bridgehead atoms. The van der Waals surface area contributed by atoms with Gasteiger partial charge >= 0.3 is 0 Å². The van der Waals surface area contributed by atoms with E-state index in [1.807, 2.05) is 6.92 Å². The van der Waals surface area contributed by atoms with Crippen molar-refractivity contribution in [3.05, 3.63) is 35.4 Å². The minimum absolute atomic E-state index is 0.282. The number of rotatable bonds is 1. The van der Waals surface area contributed by atoms with Gasteiger partial charge in [0.1, 0.15) is 11.6 Å². The second-order valence-electron chi connectivity index (χ2n) is 3.80. The topological polar surface area (TPSA) is 21.3 Å². The van der Waals surface area contributed by atoms with Crippen molar-refractivity contribution in [2.45, 2.75) is 19.1 Å². The maximum absolute atomic E-state index is 13.4. The second kappa shape index (κ2) is 4.24. The second-order valence-corrected chi connectivity index (χ2v) is 3.80. The minimum atomic E-state index is -0.562. The molecule has 1 aromatic carbocycles. The number of benzene rings is 1. The van der Waals surface area contributed by atoms with Gasteiger partial charge in [-0.05, 0) is 13.0 Å². The maximum atomic E-state index is 13.4. The van der Waals surface area contributed by atoms with E-state index >= 15 is 0 Å². The molecule has 1 N–H and O–H groups in total. The first-order valence-electron chi connectivity index (χ1n) is 4.97. The lowest BCUT2D eigenvalue weighted by Crippen LogP contribution is -2.40. The summed E-state index contributed by atoms with van der Waals surface area (Å²) in [6.45, 7) is 3.10. The summed E-state index contributed by atoms with van der Waals surface area (Å²) in [6, 6.07) is 3.86. The highest BCUT2D eigenvalue weighted by molar-refractivity contribution is 5.21. The lowest BCUT2D eigenvalue weighted by atomic mass is 10.1. The molecule has 0 radical (unpaired) electrons. The Balaban J connectivity index is 2.15. The quantitative estimate of drug-likeness (QED) is 0.770. The monoisotopic (exact) mass is 213 g/mol. The SMILES string of the molecule is CC1COC(c2ccc(F)cc2F)CN1. The molecule has 15 heavy (non-hydrogen) atoms. The molecule has 2 rings (SSSR count). The molecule has 1 fully saturated rings. The number of morpholine rings is 1. The lowest BCUT2D eigenvalue weighted by molar-refractivity contribution is 0.00498. The molecule has 1 aliphatic rings. The van der Waals surface area contributed by atoms with Crippen molar-refractivity contribution in [2.75, 3.05) is 13.2 Å². The molecule has 1 heterocycles. The van der Waals surface area contributed by atoms with Crippen molar-refractivity contribution in [1.29, 1.82) is 0 Å². The molecule has 1 saturated heterocycles. The van der Waals surface area contributed by atoms with Gasteiger partial charge in [0.05, 0.1) is 12.7 Å². The predicted octanol–water partition coefficient (Wildman–Crippen LogP) is 2.01. The van der Waals surface area contributed by atoms with Crippen LogP contribution >= 0.6 is 0 Å². The average Bonchev–Trinajstić information content (AvgIpc) is 2.20. The van der Waals surface area contributed by atoms with Crippen LogP contribution in [0, 0.1) is 11.6 Å². The first kappa shape index (κ1) is 10.5. The molecule has 4 heteroatoms. The van der Waals surface area contributed by atoms with Crippen LogP contribution in [0.15, 0.2) is 18.2 Å². The standard InChI is InChI=1S/C11H13F2NO/c1-7-6-15-11(5-14-7)9-3-2-8(12)4-10(9)13/h2-4,7,11,14H,5-6H2,1H3. The van der Waals surface area contributed by atoms with Gasteiger partial charge in [0, 0.05) is 24.2 Å². The number of ether oxygens (including phenoxy) is 1. The third-order valence-electron chi connectivity index (χ3n) is 2.51. The largest absolute Gasteiger partial charge is 0.370 e. The summed E-state index contributed by atoms with van der Waals surface area (Å²) < 4.78 is 31.5. The van der Waals surface area contributed by atoms with Gasteiger partial charge in [-0.3, -0.25) is 0 Å². The predicted molar refractivity (Wildman–Crippen MR) is 52.5 cm³/mol. The Morgan fingerprint density at radius 2 is 2.20 bits per heavy atom. The summed E-state index contributed by atoms with van der Waals surface area (Å²) in [5, 5.41) is 3.19. The zero-order valence-electron chi connectivity index (χ0n) is 8.47. The molecular formula is C11H13F2NO. The molecule has 0 saturated carbocycles. The third-order valence-corrected chi connectivity index (χ3v) is 2.51. The number of halogens is 2. The Morgan fingerprint density at radius 3 is 2.80 bits per heavy atom. The fourth-order valence-corrected chi connectivity index (χ4v) is 1.65. The van der Waals surface area contributed by atoms with Gasteiger partial charge in [0.2, 0.25) is 0 Å². The van der Waals surface area contributed by atoms with Crippen LogP contribution in [0.25, 0.3) is 0 Å². The fraction of sp³-hybridized carbons (Fsp3) is 0.455. The van der Waals surface area contributed by atoms with Gasteiger partial charge in [-0.15, -0.1) is 0 Å². The number of hydrogen-bond acceptors (Lipinski definition) is 2. The van der Waals surface area contributed by atoms with Crippen LogP contribution in [0.2, 0.25) is 0 Å². The first-order chi connectivity index (χ1) is 7.16. The number of nitrogens with one attached hydrogen (secondary N) is 1. The van der Waals surface area contributed by atoms with Crippen molar-refractivity contribution in [1.82, 2.24) is 5.32 Å². The van der Waals surface area contributed by atoms with E-state index in [0.717, 1.165) is 6.07 Å². The molecule has 82 valence electrons. The Bertz CT molecular complexity index is 348. The van der Waals surface area contributed by atoms with Crippen LogP contribution in [0.5, 0.6) is 0 Å². The van der Waals surface area contributed by atoms with Gasteiger partial charge < -0.3 is 10.1 Å². The molecule has 2 nitrogen and oxygen atoms in total. The summed E-state index contributed by atoms with van der Waals surface area (Å²) in [5.41, 5.74) is 0.413. The molecular weight excluding hydrogens is 200 g/mol. The van der Waals surface area contributed by atoms with E-state index in [2.05, 4.69) is 5.32 Å². The first-order valence-corrected chi connectivity index (χ1v) is 4.97. The minimum Gasteiger partial charge on any atom is -0.370 e. The highest BCUT2D eigenvalue weighted by Crippen LogP contribution is 2.23. The molecule has 2 atom stereocenters. The summed E-state index contributed by atoms with van der Waals surface area (Å²) in [4.78, 5) is 0. The highest BCUT2D eigenvalue weighted by Gasteiger charge is 2.22. The van der Waals surface area contributed by atoms with E-state index in [1.54, 1.807) is 0 Å². The Kier molecular flexibility index (Phi) is 2.98. The molecule has 0 aromatic heterocycles. The highest BCUT2D eigenvalue weighted by atomic mass is 19.1. The Hall–Kier alpha value is -1.00. The number of hydrogen-bond donors (Lipinski definition) is 1. The van der Waals surface area contributed by atoms with E-state index in [0.29, 0.717) is 18.7 Å². The van der Waals surface area contributed by atoms with E-state index < -0.39 is 11.6 Å². The molecule has 1 aliphatic heterocycles. The normalized spacial score (nSPS) is 26.6. The summed E-state index contributed by atoms with van der Waals surface area (Å²) in [7, 11) is 0. The van der Waals surface area contributed by atoms with Gasteiger partial charge in [-0.1, -0.05) is 6.07 Å². The van der Waals surface area contributed by atoms with Crippen LogP contribution in [-0.4, -0.2) is 19.2 Å². The maximum Gasteiger partial charge on any atom is 0.131 e. The van der Waals surface area contributed by atoms with E-state index in [9.17, 15) is 8.78 Å². The zero-order valence-corrected chi connectivity index (χ0v) is 8.47. The molecule has 0 aliphatic carbocycles. The van der Waals surface area contributed by atoms with Gasteiger partial charge in [-0.2, -0.15) is 0 Å². The Labute approximate surface area is 87.2 Å². The average molecular weight is 213 g/mol. The smallest absolute Gasteiger partial charge is 0.131 e. The van der Waals surface area contributed by atoms with Gasteiger partial charge in [-0.25, -0.2) is 8.78 Å². The molecule has 0 spiro atoms. The zero-order chi connectivity index (χ0) is 10.8. The van der Waals surface area contributed by atoms with Crippen molar-refractivity contribution in [3.63, 3.8) is 0 Å². The van der Waals surface area contributed by atoms with Crippen molar-refractivity contribution in [3.8, 4) is 0 Å². The summed E-state index contributed by atoms with van der Waals surface area (Å²) in [6.07, 6.45) is -0.318. The van der Waals surface area contributed by atoms with Crippen LogP contribution in [0.4, 0.5) is 8.78 Å². The van der Waals surface area contributed by atoms with Crippen LogP contribution in [-0.2, 0) is 4.74 Å². The van der Waals surface area contributed by atoms with Gasteiger partial charge in [0.25, 0.3) is 0 Å². The summed E-state index contributed by atoms with van der Waals surface area (Å²) in [5.74, 6) is -1.11. The van der Waals surface area contributed by atoms with E-state index in [4.69, 9.17) is 4.74 Å². The van der Waals surface area contributed by atoms with E-state index in [-0.39, 0.29) is 12.1 Å². The fourth-order valence-electron chi connectivity index (χ4n) is 1.65. The van der Waals surface area contributed by atoms with Crippen molar-refractivity contribution in [2.24, 2.45) is 0 Å². The molecule has 0 amide bonds. The Morgan fingerprint density at radius 1 is 1.40 bits per heavy atom. The van der Waals surface area contributed by atoms with Crippen LogP contribution < -0.4 is 5.32 Å². The van der Waals surface area contributed by atoms with Gasteiger partial charge in [0.15, 0.2) is 0 Å². The lowest BCUT2D eigenvalue weighted by Gasteiger charge is -2.28. The van der Waals surface area contributed by atoms with E-state index in [1.165, 1.54) is 12.1 Å². The third kappa shape index (κ3) is 2.33. The molecule has 2 unspecified atom stereocenters. The van der Waals surface area contributed by atoms with Crippen LogP contribution in [0.1, 0.15) is 18.6 Å². The summed E-state index contributed by atoms with van der Waals surface area (Å²) >= 11 is 0.